The first-order valence-corrected chi connectivity index (χ1v) is 4.34. The number of amidine groups is 1. The SMILES string of the molecule is NC1=NOC(C2CCCC2)C1. The van der Waals surface area contributed by atoms with Gasteiger partial charge in [-0.3, -0.25) is 0 Å². The minimum absolute atomic E-state index is 0.303. The van der Waals surface area contributed by atoms with Gasteiger partial charge in [-0.25, -0.2) is 0 Å². The fourth-order valence-electron chi connectivity index (χ4n) is 2.00. The lowest BCUT2D eigenvalue weighted by atomic mass is 9.98. The fourth-order valence-corrected chi connectivity index (χ4v) is 2.00. The molecule has 1 saturated carbocycles. The van der Waals surface area contributed by atoms with Crippen molar-refractivity contribution in [2.45, 2.75) is 38.2 Å². The Kier molecular flexibility index (Phi) is 1.72. The van der Waals surface area contributed by atoms with Gasteiger partial charge >= 0.3 is 0 Å². The molecular weight excluding hydrogens is 140 g/mol. The normalized spacial score (nSPS) is 32.0. The van der Waals surface area contributed by atoms with Gasteiger partial charge in [0.05, 0.1) is 0 Å². The van der Waals surface area contributed by atoms with Gasteiger partial charge in [0.2, 0.25) is 0 Å². The van der Waals surface area contributed by atoms with E-state index in [-0.39, 0.29) is 0 Å². The van der Waals surface area contributed by atoms with E-state index in [1.54, 1.807) is 0 Å². The Bertz CT molecular complexity index is 173. The van der Waals surface area contributed by atoms with Crippen LogP contribution in [0.1, 0.15) is 32.1 Å². The van der Waals surface area contributed by atoms with Gasteiger partial charge in [0.1, 0.15) is 11.9 Å². The van der Waals surface area contributed by atoms with Gasteiger partial charge in [0.15, 0.2) is 0 Å². The van der Waals surface area contributed by atoms with Crippen molar-refractivity contribution in [1.82, 2.24) is 0 Å². The summed E-state index contributed by atoms with van der Waals surface area (Å²) < 4.78 is 0. The van der Waals surface area contributed by atoms with E-state index in [4.69, 9.17) is 10.6 Å². The molecule has 1 unspecified atom stereocenters. The number of hydrogen-bond acceptors (Lipinski definition) is 3. The summed E-state index contributed by atoms with van der Waals surface area (Å²) in [5.41, 5.74) is 5.52. The van der Waals surface area contributed by atoms with Crippen LogP contribution in [0.2, 0.25) is 0 Å². The first kappa shape index (κ1) is 6.95. The highest BCUT2D eigenvalue weighted by Crippen LogP contribution is 2.32. The van der Waals surface area contributed by atoms with Crippen LogP contribution in [0, 0.1) is 5.92 Å². The highest BCUT2D eigenvalue weighted by atomic mass is 16.6. The maximum Gasteiger partial charge on any atom is 0.143 e. The molecule has 1 aliphatic heterocycles. The summed E-state index contributed by atoms with van der Waals surface area (Å²) in [6.07, 6.45) is 6.46. The molecule has 0 bridgehead atoms. The Morgan fingerprint density at radius 2 is 2.09 bits per heavy atom. The van der Waals surface area contributed by atoms with Crippen LogP contribution in [0.3, 0.4) is 0 Å². The topological polar surface area (TPSA) is 47.6 Å². The second-order valence-electron chi connectivity index (χ2n) is 3.48. The van der Waals surface area contributed by atoms with Crippen LogP contribution in [-0.2, 0) is 4.84 Å². The molecule has 3 heteroatoms. The zero-order valence-electron chi connectivity index (χ0n) is 6.62. The molecule has 11 heavy (non-hydrogen) atoms. The molecule has 1 fully saturated rings. The molecule has 0 amide bonds. The lowest BCUT2D eigenvalue weighted by Gasteiger charge is -2.14. The highest BCUT2D eigenvalue weighted by Gasteiger charge is 2.30. The second kappa shape index (κ2) is 2.72. The first-order valence-electron chi connectivity index (χ1n) is 4.34. The Labute approximate surface area is 66.6 Å². The third-order valence-corrected chi connectivity index (χ3v) is 2.64. The molecule has 2 rings (SSSR count). The van der Waals surface area contributed by atoms with E-state index < -0.39 is 0 Å². The lowest BCUT2D eigenvalue weighted by molar-refractivity contribution is 0.0425. The summed E-state index contributed by atoms with van der Waals surface area (Å²) in [6, 6.07) is 0. The predicted molar refractivity (Wildman–Crippen MR) is 43.1 cm³/mol. The van der Waals surface area contributed by atoms with E-state index in [1.165, 1.54) is 25.7 Å². The summed E-state index contributed by atoms with van der Waals surface area (Å²) in [6.45, 7) is 0. The zero-order chi connectivity index (χ0) is 7.68. The fraction of sp³-hybridized carbons (Fsp3) is 0.875. The van der Waals surface area contributed by atoms with E-state index in [1.807, 2.05) is 0 Å². The van der Waals surface area contributed by atoms with Gasteiger partial charge in [0.25, 0.3) is 0 Å². The highest BCUT2D eigenvalue weighted by molar-refractivity contribution is 5.81. The second-order valence-corrected chi connectivity index (χ2v) is 3.48. The molecule has 3 nitrogen and oxygen atoms in total. The largest absolute Gasteiger partial charge is 0.390 e. The molecule has 1 heterocycles. The van der Waals surface area contributed by atoms with Gasteiger partial charge < -0.3 is 10.6 Å². The third-order valence-electron chi connectivity index (χ3n) is 2.64. The standard InChI is InChI=1S/C8H14N2O/c9-8-5-7(11-10-8)6-3-1-2-4-6/h6-7H,1-5H2,(H2,9,10). The summed E-state index contributed by atoms with van der Waals surface area (Å²) in [5, 5.41) is 3.76. The quantitative estimate of drug-likeness (QED) is 0.617. The van der Waals surface area contributed by atoms with E-state index >= 15 is 0 Å². The van der Waals surface area contributed by atoms with E-state index in [0.29, 0.717) is 11.9 Å². The van der Waals surface area contributed by atoms with Gasteiger partial charge in [-0.05, 0) is 18.8 Å². The summed E-state index contributed by atoms with van der Waals surface area (Å²) in [7, 11) is 0. The molecule has 0 saturated heterocycles. The van der Waals surface area contributed by atoms with Crippen LogP contribution >= 0.6 is 0 Å². The Morgan fingerprint density at radius 1 is 1.36 bits per heavy atom. The van der Waals surface area contributed by atoms with E-state index in [9.17, 15) is 0 Å². The molecule has 0 aromatic rings. The Morgan fingerprint density at radius 3 is 2.64 bits per heavy atom. The van der Waals surface area contributed by atoms with Crippen molar-refractivity contribution in [1.29, 1.82) is 0 Å². The smallest absolute Gasteiger partial charge is 0.143 e. The van der Waals surface area contributed by atoms with Crippen molar-refractivity contribution in [2.24, 2.45) is 16.8 Å². The first-order chi connectivity index (χ1) is 5.36. The lowest BCUT2D eigenvalue weighted by Crippen LogP contribution is -2.20. The van der Waals surface area contributed by atoms with Crippen molar-refractivity contribution < 1.29 is 4.84 Å². The van der Waals surface area contributed by atoms with Crippen molar-refractivity contribution in [3.05, 3.63) is 0 Å². The van der Waals surface area contributed by atoms with Crippen LogP contribution in [0.15, 0.2) is 5.16 Å². The van der Waals surface area contributed by atoms with Crippen LogP contribution < -0.4 is 5.73 Å². The molecule has 0 aromatic heterocycles. The molecule has 1 aliphatic carbocycles. The van der Waals surface area contributed by atoms with Crippen molar-refractivity contribution in [3.63, 3.8) is 0 Å². The molecular formula is C8H14N2O. The molecule has 62 valence electrons. The average molecular weight is 154 g/mol. The number of hydrogen-bond donors (Lipinski definition) is 1. The molecule has 1 atom stereocenters. The van der Waals surface area contributed by atoms with Gasteiger partial charge in [-0.1, -0.05) is 18.0 Å². The Hall–Kier alpha value is -0.730. The molecule has 0 spiro atoms. The summed E-state index contributed by atoms with van der Waals surface area (Å²) >= 11 is 0. The zero-order valence-corrected chi connectivity index (χ0v) is 6.62. The molecule has 2 aliphatic rings. The van der Waals surface area contributed by atoms with E-state index in [2.05, 4.69) is 5.16 Å². The Balaban J connectivity index is 1.88. The molecule has 0 aromatic carbocycles. The minimum Gasteiger partial charge on any atom is -0.390 e. The van der Waals surface area contributed by atoms with Crippen molar-refractivity contribution in [2.75, 3.05) is 0 Å². The predicted octanol–water partition coefficient (Wildman–Crippen LogP) is 1.24. The van der Waals surface area contributed by atoms with Crippen LogP contribution in [0.5, 0.6) is 0 Å². The summed E-state index contributed by atoms with van der Waals surface area (Å²) in [5.74, 6) is 1.39. The molecule has 2 N–H and O–H groups in total. The van der Waals surface area contributed by atoms with Crippen LogP contribution in [-0.4, -0.2) is 11.9 Å². The monoisotopic (exact) mass is 154 g/mol. The number of rotatable bonds is 1. The average Bonchev–Trinajstić information content (AvgIpc) is 2.55. The maximum absolute atomic E-state index is 5.52. The maximum atomic E-state index is 5.52. The number of nitrogens with two attached hydrogens (primary N) is 1. The van der Waals surface area contributed by atoms with Gasteiger partial charge in [-0.15, -0.1) is 0 Å². The van der Waals surface area contributed by atoms with Gasteiger partial charge in [0, 0.05) is 6.42 Å². The number of nitrogens with zero attached hydrogens (tertiary/aromatic N) is 1. The third kappa shape index (κ3) is 1.32. The van der Waals surface area contributed by atoms with Gasteiger partial charge in [-0.2, -0.15) is 0 Å². The van der Waals surface area contributed by atoms with Crippen LogP contribution in [0.25, 0.3) is 0 Å². The van der Waals surface area contributed by atoms with Crippen LogP contribution in [0.4, 0.5) is 0 Å². The van der Waals surface area contributed by atoms with Crippen molar-refractivity contribution >= 4 is 5.84 Å². The summed E-state index contributed by atoms with van der Waals surface area (Å²) in [4.78, 5) is 5.21. The minimum atomic E-state index is 0.303. The van der Waals surface area contributed by atoms with Crippen molar-refractivity contribution in [3.8, 4) is 0 Å². The number of oxime groups is 1. The molecule has 0 radical (unpaired) electrons. The van der Waals surface area contributed by atoms with E-state index in [0.717, 1.165) is 12.3 Å².